The maximum atomic E-state index is 12.2. The van der Waals surface area contributed by atoms with Crippen LogP contribution in [0.5, 0.6) is 0 Å². The summed E-state index contributed by atoms with van der Waals surface area (Å²) < 4.78 is 6.19. The molecule has 17 heavy (non-hydrogen) atoms. The number of thiophene rings is 1. The second-order valence-corrected chi connectivity index (χ2v) is 5.86. The zero-order valence-electron chi connectivity index (χ0n) is 9.82. The van der Waals surface area contributed by atoms with Crippen molar-refractivity contribution in [2.45, 2.75) is 32.4 Å². The molecule has 94 valence electrons. The van der Waals surface area contributed by atoms with E-state index >= 15 is 0 Å². The third-order valence-corrected chi connectivity index (χ3v) is 4.09. The maximum absolute atomic E-state index is 12.2. The Kier molecular flexibility index (Phi) is 4.42. The Bertz CT molecular complexity index is 388. The van der Waals surface area contributed by atoms with Crippen molar-refractivity contribution in [2.75, 3.05) is 13.2 Å². The summed E-state index contributed by atoms with van der Waals surface area (Å²) in [7, 11) is 0. The first-order valence-corrected chi connectivity index (χ1v) is 7.04. The fourth-order valence-electron chi connectivity index (χ4n) is 1.95. The van der Waals surface area contributed by atoms with Gasteiger partial charge < -0.3 is 9.64 Å². The number of likely N-dealkylation sites (N-methyl/N-ethyl adjacent to an activating group) is 1. The van der Waals surface area contributed by atoms with Gasteiger partial charge in [-0.25, -0.2) is 0 Å². The van der Waals surface area contributed by atoms with E-state index in [0.29, 0.717) is 19.7 Å². The maximum Gasteiger partial charge on any atom is 0.252 e. The third kappa shape index (κ3) is 3.21. The molecule has 1 fully saturated rings. The molecule has 1 aliphatic rings. The average Bonchev–Trinajstić information content (AvgIpc) is 2.96. The van der Waals surface area contributed by atoms with Gasteiger partial charge in [-0.15, -0.1) is 11.3 Å². The summed E-state index contributed by atoms with van der Waals surface area (Å²) in [5.74, 6) is 0.106. The molecule has 0 saturated carbocycles. The molecule has 0 radical (unpaired) electrons. The quantitative estimate of drug-likeness (QED) is 0.844. The van der Waals surface area contributed by atoms with Crippen LogP contribution < -0.4 is 0 Å². The Labute approximate surface area is 110 Å². The molecule has 0 bridgehead atoms. The van der Waals surface area contributed by atoms with E-state index in [1.54, 1.807) is 0 Å². The number of hydrogen-bond donors (Lipinski definition) is 0. The van der Waals surface area contributed by atoms with Crippen LogP contribution >= 0.6 is 22.9 Å². The molecule has 1 atom stereocenters. The lowest BCUT2D eigenvalue weighted by molar-refractivity contribution is -0.141. The molecule has 1 amide bonds. The van der Waals surface area contributed by atoms with Crippen molar-refractivity contribution in [3.8, 4) is 0 Å². The van der Waals surface area contributed by atoms with Gasteiger partial charge in [-0.05, 0) is 31.9 Å². The molecule has 0 unspecified atom stereocenters. The van der Waals surface area contributed by atoms with E-state index in [9.17, 15) is 4.79 Å². The molecule has 0 N–H and O–H groups in total. The predicted octanol–water partition coefficient (Wildman–Crippen LogP) is 2.93. The smallest absolute Gasteiger partial charge is 0.252 e. The molecule has 1 aromatic heterocycles. The Morgan fingerprint density at radius 2 is 2.47 bits per heavy atom. The normalized spacial score (nSPS) is 19.5. The van der Waals surface area contributed by atoms with Gasteiger partial charge in [0.05, 0.1) is 10.9 Å². The van der Waals surface area contributed by atoms with Gasteiger partial charge in [-0.1, -0.05) is 11.6 Å². The third-order valence-electron chi connectivity index (χ3n) is 2.87. The minimum absolute atomic E-state index is 0.106. The van der Waals surface area contributed by atoms with Crippen molar-refractivity contribution in [1.29, 1.82) is 0 Å². The number of nitrogens with zero attached hydrogens (tertiary/aromatic N) is 1. The first-order chi connectivity index (χ1) is 8.20. The van der Waals surface area contributed by atoms with E-state index in [0.717, 1.165) is 22.1 Å². The zero-order chi connectivity index (χ0) is 12.3. The number of carbonyl (C=O) groups excluding carboxylic acids is 1. The van der Waals surface area contributed by atoms with Crippen molar-refractivity contribution < 1.29 is 9.53 Å². The molecule has 1 saturated heterocycles. The van der Waals surface area contributed by atoms with Gasteiger partial charge in [-0.2, -0.15) is 0 Å². The zero-order valence-corrected chi connectivity index (χ0v) is 11.4. The van der Waals surface area contributed by atoms with Gasteiger partial charge in [-0.3, -0.25) is 4.79 Å². The lowest BCUT2D eigenvalue weighted by atomic mass is 10.2. The van der Waals surface area contributed by atoms with Gasteiger partial charge in [0.25, 0.3) is 5.91 Å². The molecule has 5 heteroatoms. The van der Waals surface area contributed by atoms with Gasteiger partial charge >= 0.3 is 0 Å². The highest BCUT2D eigenvalue weighted by atomic mass is 35.5. The minimum Gasteiger partial charge on any atom is -0.368 e. The minimum atomic E-state index is -0.231. The van der Waals surface area contributed by atoms with Crippen LogP contribution in [0.25, 0.3) is 0 Å². The molecule has 2 rings (SSSR count). The van der Waals surface area contributed by atoms with Crippen molar-refractivity contribution in [3.05, 3.63) is 21.3 Å². The van der Waals surface area contributed by atoms with Crippen molar-refractivity contribution in [3.63, 3.8) is 0 Å². The molecule has 3 nitrogen and oxygen atoms in total. The first-order valence-electron chi connectivity index (χ1n) is 5.85. The predicted molar refractivity (Wildman–Crippen MR) is 69.4 cm³/mol. The van der Waals surface area contributed by atoms with E-state index in [2.05, 4.69) is 0 Å². The molecule has 0 aromatic carbocycles. The SMILES string of the molecule is CCN(Cc1ccc(Cl)s1)C(=O)[C@@H]1CCCO1. The van der Waals surface area contributed by atoms with Gasteiger partial charge in [0, 0.05) is 18.0 Å². The molecule has 2 heterocycles. The number of carbonyl (C=O) groups is 1. The first kappa shape index (κ1) is 12.9. The van der Waals surface area contributed by atoms with Crippen molar-refractivity contribution >= 4 is 28.8 Å². The van der Waals surface area contributed by atoms with Crippen LogP contribution in [0.4, 0.5) is 0 Å². The summed E-state index contributed by atoms with van der Waals surface area (Å²) >= 11 is 7.41. The van der Waals surface area contributed by atoms with Crippen molar-refractivity contribution in [1.82, 2.24) is 4.90 Å². The van der Waals surface area contributed by atoms with E-state index in [1.165, 1.54) is 11.3 Å². The van der Waals surface area contributed by atoms with Gasteiger partial charge in [0.1, 0.15) is 6.10 Å². The summed E-state index contributed by atoms with van der Waals surface area (Å²) in [5.41, 5.74) is 0. The molecular formula is C12H16ClNO2S. The standard InChI is InChI=1S/C12H16ClNO2S/c1-2-14(8-9-5-6-11(13)17-9)12(15)10-4-3-7-16-10/h5-6,10H,2-4,7-8H2,1H3/t10-/m0/s1. The Hall–Kier alpha value is -0.580. The van der Waals surface area contributed by atoms with Crippen LogP contribution in [0.3, 0.4) is 0 Å². The summed E-state index contributed by atoms with van der Waals surface area (Å²) in [6, 6.07) is 3.84. The highest BCUT2D eigenvalue weighted by Crippen LogP contribution is 2.23. The summed E-state index contributed by atoms with van der Waals surface area (Å²) in [5, 5.41) is 0. The largest absolute Gasteiger partial charge is 0.368 e. The molecule has 0 spiro atoms. The molecule has 1 aliphatic heterocycles. The number of hydrogen-bond acceptors (Lipinski definition) is 3. The Morgan fingerprint density at radius 3 is 3.00 bits per heavy atom. The summed E-state index contributed by atoms with van der Waals surface area (Å²) in [6.07, 6.45) is 1.60. The van der Waals surface area contributed by atoms with E-state index in [4.69, 9.17) is 16.3 Å². The lowest BCUT2D eigenvalue weighted by Gasteiger charge is -2.23. The van der Waals surface area contributed by atoms with E-state index < -0.39 is 0 Å². The highest BCUT2D eigenvalue weighted by Gasteiger charge is 2.27. The fraction of sp³-hybridized carbons (Fsp3) is 0.583. The fourth-order valence-corrected chi connectivity index (χ4v) is 3.05. The van der Waals surface area contributed by atoms with Gasteiger partial charge in [0.2, 0.25) is 0 Å². The second kappa shape index (κ2) is 5.85. The second-order valence-electron chi connectivity index (χ2n) is 4.06. The average molecular weight is 274 g/mol. The van der Waals surface area contributed by atoms with Crippen LogP contribution in [0.15, 0.2) is 12.1 Å². The number of rotatable bonds is 4. The van der Waals surface area contributed by atoms with Crippen LogP contribution in [-0.4, -0.2) is 30.1 Å². The van der Waals surface area contributed by atoms with Crippen LogP contribution in [0.1, 0.15) is 24.6 Å². The molecule has 1 aromatic rings. The van der Waals surface area contributed by atoms with Crippen molar-refractivity contribution in [2.24, 2.45) is 0 Å². The molecular weight excluding hydrogens is 258 g/mol. The summed E-state index contributed by atoms with van der Waals surface area (Å²) in [6.45, 7) is 4.03. The van der Waals surface area contributed by atoms with Gasteiger partial charge in [0.15, 0.2) is 0 Å². The van der Waals surface area contributed by atoms with Crippen LogP contribution in [0.2, 0.25) is 4.34 Å². The van der Waals surface area contributed by atoms with E-state index in [1.807, 2.05) is 24.0 Å². The number of halogens is 1. The van der Waals surface area contributed by atoms with Crippen LogP contribution in [0, 0.1) is 0 Å². The Morgan fingerprint density at radius 1 is 1.65 bits per heavy atom. The topological polar surface area (TPSA) is 29.5 Å². The number of amides is 1. The van der Waals surface area contributed by atoms with Crippen LogP contribution in [-0.2, 0) is 16.1 Å². The molecule has 0 aliphatic carbocycles. The lowest BCUT2D eigenvalue weighted by Crippen LogP contribution is -2.38. The van der Waals surface area contributed by atoms with E-state index in [-0.39, 0.29) is 12.0 Å². The Balaban J connectivity index is 1.98. The monoisotopic (exact) mass is 273 g/mol. The summed E-state index contributed by atoms with van der Waals surface area (Å²) in [4.78, 5) is 15.1. The number of ether oxygens (including phenoxy) is 1. The highest BCUT2D eigenvalue weighted by molar-refractivity contribution is 7.16.